The van der Waals surface area contributed by atoms with Gasteiger partial charge in [-0.2, -0.15) is 0 Å². The van der Waals surface area contributed by atoms with Crippen molar-refractivity contribution >= 4 is 17.9 Å². The Morgan fingerprint density at radius 2 is 1.87 bits per heavy atom. The van der Waals surface area contributed by atoms with Crippen molar-refractivity contribution in [2.75, 3.05) is 26.2 Å². The Bertz CT molecular complexity index is 1130. The molecule has 4 rings (SSSR count). The molecule has 0 aromatic heterocycles. The van der Waals surface area contributed by atoms with Crippen LogP contribution in [0.15, 0.2) is 36.0 Å². The van der Waals surface area contributed by atoms with Gasteiger partial charge in [-0.15, -0.1) is 0 Å². The van der Waals surface area contributed by atoms with E-state index >= 15 is 0 Å². The summed E-state index contributed by atoms with van der Waals surface area (Å²) in [6, 6.07) is -0.126. The molecule has 4 saturated heterocycles. The van der Waals surface area contributed by atoms with Crippen LogP contribution in [0, 0.1) is 5.92 Å². The maximum atomic E-state index is 12.7. The third kappa shape index (κ3) is 10.4. The molecule has 11 heteroatoms. The van der Waals surface area contributed by atoms with Crippen LogP contribution in [0.2, 0.25) is 0 Å². The lowest BCUT2D eigenvalue weighted by Gasteiger charge is -2.39. The minimum Gasteiger partial charge on any atom is -0.442 e. The van der Waals surface area contributed by atoms with E-state index < -0.39 is 23.9 Å². The number of hydrogen-bond acceptors (Lipinski definition) is 8. The van der Waals surface area contributed by atoms with Crippen LogP contribution in [0.5, 0.6) is 0 Å². The molecule has 4 aliphatic rings. The van der Waals surface area contributed by atoms with Gasteiger partial charge in [-0.3, -0.25) is 9.59 Å². The van der Waals surface area contributed by atoms with Crippen LogP contribution in [-0.4, -0.2) is 102 Å². The second-order valence-electron chi connectivity index (χ2n) is 13.5. The standard InChI is InChI=1S/C35H55N3O8/c1-6-16-36-32(40)20-27-21-35(22-43-35)33(41)30(46-27)14-11-23(2)10-13-29-24(3)19-28(26(5)45-29)37-31(39)15-12-25(4)44-34(42)38-17-8-7-9-18-38/h10-12,14-15,24-30,33,41H,6-9,13,16-22H2,1-5H3,(H,36,40)(H,37,39)/b14-11+,15-12-,23-10+/t24-,25-,26+,27+,28+,29-,30+,33+,35?/m0/s1. The van der Waals surface area contributed by atoms with Gasteiger partial charge in [0.15, 0.2) is 0 Å². The first-order chi connectivity index (χ1) is 22.0. The van der Waals surface area contributed by atoms with Crippen LogP contribution in [-0.2, 0) is 28.5 Å². The van der Waals surface area contributed by atoms with Gasteiger partial charge in [0.2, 0.25) is 11.8 Å². The average Bonchev–Trinajstić information content (AvgIpc) is 3.81. The van der Waals surface area contributed by atoms with Gasteiger partial charge >= 0.3 is 6.09 Å². The SMILES string of the molecule is CCCNC(=O)C[C@@H]1CC2(CO2)[C@H](O)[C@@H](/C=C/C(C)=C/C[C@@H]2O[C@H](C)[C@H](NC(=O)/C=C\[C@H](C)OC(=O)N3CCCCC3)C[C@@H]2C)O1. The number of hydrogen-bond donors (Lipinski definition) is 3. The van der Waals surface area contributed by atoms with Crippen molar-refractivity contribution in [2.45, 2.75) is 134 Å². The van der Waals surface area contributed by atoms with Crippen LogP contribution in [0.4, 0.5) is 4.79 Å². The van der Waals surface area contributed by atoms with Crippen molar-refractivity contribution in [3.63, 3.8) is 0 Å². The monoisotopic (exact) mass is 645 g/mol. The summed E-state index contributed by atoms with van der Waals surface area (Å²) in [5.41, 5.74) is 0.394. The first-order valence-corrected chi connectivity index (χ1v) is 17.2. The molecule has 4 fully saturated rings. The molecular formula is C35H55N3O8. The number of ether oxygens (including phenoxy) is 4. The van der Waals surface area contributed by atoms with E-state index in [2.05, 4.69) is 23.6 Å². The second kappa shape index (κ2) is 16.9. The summed E-state index contributed by atoms with van der Waals surface area (Å²) in [6.07, 6.45) is 12.6. The minimum absolute atomic E-state index is 0.00179. The third-order valence-electron chi connectivity index (χ3n) is 9.46. The topological polar surface area (TPSA) is 139 Å². The Hall–Kier alpha value is -2.73. The zero-order valence-electron chi connectivity index (χ0n) is 28.2. The van der Waals surface area contributed by atoms with Crippen molar-refractivity contribution in [3.8, 4) is 0 Å². The fourth-order valence-electron chi connectivity index (χ4n) is 6.48. The molecule has 9 atom stereocenters. The molecule has 0 aromatic carbocycles. The molecule has 3 N–H and O–H groups in total. The molecule has 0 aliphatic carbocycles. The highest BCUT2D eigenvalue weighted by atomic mass is 16.6. The summed E-state index contributed by atoms with van der Waals surface area (Å²) in [5, 5.41) is 16.8. The fraction of sp³-hybridized carbons (Fsp3) is 0.743. The number of carbonyl (C=O) groups is 3. The van der Waals surface area contributed by atoms with E-state index in [1.165, 1.54) is 6.08 Å². The predicted octanol–water partition coefficient (Wildman–Crippen LogP) is 3.95. The zero-order chi connectivity index (χ0) is 33.3. The Labute approximate surface area is 274 Å². The van der Waals surface area contributed by atoms with E-state index in [9.17, 15) is 19.5 Å². The van der Waals surface area contributed by atoms with E-state index in [1.54, 1.807) is 17.9 Å². The highest BCUT2D eigenvalue weighted by Crippen LogP contribution is 2.43. The van der Waals surface area contributed by atoms with Crippen molar-refractivity contribution in [3.05, 3.63) is 36.0 Å². The minimum atomic E-state index is -0.783. The van der Waals surface area contributed by atoms with Gasteiger partial charge in [-0.05, 0) is 71.3 Å². The van der Waals surface area contributed by atoms with Gasteiger partial charge in [0.25, 0.3) is 0 Å². The summed E-state index contributed by atoms with van der Waals surface area (Å²) in [5.74, 6) is -0.0625. The number of rotatable bonds is 12. The summed E-state index contributed by atoms with van der Waals surface area (Å²) in [4.78, 5) is 39.0. The Balaban J connectivity index is 1.21. The van der Waals surface area contributed by atoms with Crippen molar-refractivity contribution in [1.82, 2.24) is 15.5 Å². The summed E-state index contributed by atoms with van der Waals surface area (Å²) < 4.78 is 23.6. The maximum Gasteiger partial charge on any atom is 0.410 e. The van der Waals surface area contributed by atoms with Crippen LogP contribution in [0.25, 0.3) is 0 Å². The molecule has 0 saturated carbocycles. The van der Waals surface area contributed by atoms with Gasteiger partial charge < -0.3 is 39.6 Å². The molecule has 1 spiro atoms. The highest BCUT2D eigenvalue weighted by molar-refractivity contribution is 5.87. The van der Waals surface area contributed by atoms with E-state index in [0.29, 0.717) is 26.0 Å². The summed E-state index contributed by atoms with van der Waals surface area (Å²) in [7, 11) is 0. The zero-order valence-corrected chi connectivity index (χ0v) is 28.2. The number of epoxide rings is 1. The van der Waals surface area contributed by atoms with Gasteiger partial charge in [-0.1, -0.05) is 37.6 Å². The molecule has 46 heavy (non-hydrogen) atoms. The third-order valence-corrected chi connectivity index (χ3v) is 9.46. The number of nitrogens with one attached hydrogen (secondary N) is 2. The Morgan fingerprint density at radius 3 is 2.57 bits per heavy atom. The van der Waals surface area contributed by atoms with Crippen LogP contribution in [0.1, 0.15) is 86.0 Å². The molecule has 258 valence electrons. The Morgan fingerprint density at radius 1 is 1.13 bits per heavy atom. The first kappa shape index (κ1) is 36.1. The normalized spacial score (nSPS) is 34.1. The first-order valence-electron chi connectivity index (χ1n) is 17.2. The lowest BCUT2D eigenvalue weighted by atomic mass is 9.87. The molecule has 0 bridgehead atoms. The Kier molecular flexibility index (Phi) is 13.3. The van der Waals surface area contributed by atoms with Gasteiger partial charge in [-0.25, -0.2) is 4.79 Å². The molecule has 4 aliphatic heterocycles. The number of piperidine rings is 1. The number of amides is 3. The molecular weight excluding hydrogens is 590 g/mol. The second-order valence-corrected chi connectivity index (χ2v) is 13.5. The number of nitrogens with zero attached hydrogens (tertiary/aromatic N) is 1. The van der Waals surface area contributed by atoms with E-state index in [0.717, 1.165) is 50.8 Å². The van der Waals surface area contributed by atoms with Crippen molar-refractivity contribution in [1.29, 1.82) is 0 Å². The largest absolute Gasteiger partial charge is 0.442 e. The number of allylic oxidation sites excluding steroid dienone is 2. The quantitative estimate of drug-likeness (QED) is 0.165. The molecule has 4 heterocycles. The van der Waals surface area contributed by atoms with Crippen LogP contribution in [0.3, 0.4) is 0 Å². The highest BCUT2D eigenvalue weighted by Gasteiger charge is 2.58. The molecule has 0 radical (unpaired) electrons. The predicted molar refractivity (Wildman–Crippen MR) is 174 cm³/mol. The number of aliphatic hydroxyl groups is 1. The number of carbonyl (C=O) groups excluding carboxylic acids is 3. The van der Waals surface area contributed by atoms with E-state index in [4.69, 9.17) is 18.9 Å². The van der Waals surface area contributed by atoms with Gasteiger partial charge in [0.05, 0.1) is 37.4 Å². The van der Waals surface area contributed by atoms with E-state index in [-0.39, 0.29) is 54.6 Å². The molecule has 0 aromatic rings. The van der Waals surface area contributed by atoms with Gasteiger partial charge in [0, 0.05) is 32.1 Å². The van der Waals surface area contributed by atoms with Crippen LogP contribution >= 0.6 is 0 Å². The lowest BCUT2D eigenvalue weighted by Crippen LogP contribution is -2.50. The molecule has 11 nitrogen and oxygen atoms in total. The van der Waals surface area contributed by atoms with Crippen molar-refractivity contribution < 1.29 is 38.4 Å². The van der Waals surface area contributed by atoms with E-state index in [1.807, 2.05) is 32.9 Å². The summed E-state index contributed by atoms with van der Waals surface area (Å²) in [6.45, 7) is 12.4. The van der Waals surface area contributed by atoms with Crippen LogP contribution < -0.4 is 10.6 Å². The average molecular weight is 646 g/mol. The van der Waals surface area contributed by atoms with Crippen molar-refractivity contribution in [2.24, 2.45) is 5.92 Å². The smallest absolute Gasteiger partial charge is 0.410 e. The van der Waals surface area contributed by atoms with Gasteiger partial charge in [0.1, 0.15) is 23.9 Å². The molecule has 3 amide bonds. The fourth-order valence-corrected chi connectivity index (χ4v) is 6.48. The molecule has 1 unspecified atom stereocenters. The maximum absolute atomic E-state index is 12.7. The number of likely N-dealkylation sites (tertiary alicyclic amines) is 1. The summed E-state index contributed by atoms with van der Waals surface area (Å²) >= 11 is 0. The number of aliphatic hydroxyl groups excluding tert-OH is 1. The lowest BCUT2D eigenvalue weighted by molar-refractivity contribution is -0.145.